The smallest absolute Gasteiger partial charge is 0.333 e. The molecular formula is C33H42N8O4S2. The van der Waals surface area contributed by atoms with Crippen molar-refractivity contribution in [2.45, 2.75) is 39.5 Å². The third-order valence-electron chi connectivity index (χ3n) is 6.48. The molecule has 2 aromatic carbocycles. The summed E-state index contributed by atoms with van der Waals surface area (Å²) in [5.74, 6) is 1.77. The van der Waals surface area contributed by atoms with Gasteiger partial charge in [0.1, 0.15) is 17.8 Å². The van der Waals surface area contributed by atoms with Crippen LogP contribution in [0.1, 0.15) is 36.4 Å². The minimum absolute atomic E-state index is 0.234. The number of nitrogens with one attached hydrogen (secondary N) is 3. The third kappa shape index (κ3) is 12.5. The Bertz CT molecular complexity index is 1640. The van der Waals surface area contributed by atoms with E-state index in [0.717, 1.165) is 54.1 Å². The number of nitrogens with two attached hydrogens (primary N) is 1. The number of aromatic nitrogens is 4. The molecule has 250 valence electrons. The highest BCUT2D eigenvalue weighted by atomic mass is 32.1. The van der Waals surface area contributed by atoms with Crippen LogP contribution in [0.15, 0.2) is 78.0 Å². The summed E-state index contributed by atoms with van der Waals surface area (Å²) in [5.41, 5.74) is 9.66. The molecule has 0 unspecified atom stereocenters. The van der Waals surface area contributed by atoms with Crippen molar-refractivity contribution in [2.75, 3.05) is 37.9 Å². The first-order valence-electron chi connectivity index (χ1n) is 15.1. The number of carbonyl (C=O) groups excluding carboxylic acids is 2. The van der Waals surface area contributed by atoms with E-state index in [2.05, 4.69) is 30.9 Å². The molecule has 0 aliphatic heterocycles. The Hall–Kier alpha value is -4.79. The van der Waals surface area contributed by atoms with Gasteiger partial charge >= 0.3 is 12.1 Å². The number of hydrogen-bond donors (Lipinski definition) is 4. The second-order valence-corrected chi connectivity index (χ2v) is 11.4. The van der Waals surface area contributed by atoms with Gasteiger partial charge in [-0.15, -0.1) is 22.7 Å². The number of anilines is 2. The number of rotatable bonds is 11. The van der Waals surface area contributed by atoms with E-state index in [1.807, 2.05) is 73.1 Å². The topological polar surface area (TPSA) is 158 Å². The molecule has 0 saturated carbocycles. The normalized spacial score (nSPS) is 10.1. The number of urea groups is 1. The third-order valence-corrected chi connectivity index (χ3v) is 8.09. The molecule has 0 fully saturated rings. The van der Waals surface area contributed by atoms with Gasteiger partial charge in [0.15, 0.2) is 10.3 Å². The number of ether oxygens (including phenoxy) is 2. The SMILES string of the molecule is CCc1csc(NC(=O)NCCc2ccccc2OC)n1.CCc1csc(NC(=O)n2ccnc2)n1.COc1ccccc1CCN. The van der Waals surface area contributed by atoms with Gasteiger partial charge in [0.05, 0.1) is 25.6 Å². The van der Waals surface area contributed by atoms with Gasteiger partial charge in [-0.05, 0) is 55.5 Å². The summed E-state index contributed by atoms with van der Waals surface area (Å²) in [4.78, 5) is 35.6. The van der Waals surface area contributed by atoms with Gasteiger partial charge in [0.25, 0.3) is 0 Å². The second-order valence-electron chi connectivity index (χ2n) is 9.69. The number of nitrogens with zero attached hydrogens (tertiary/aromatic N) is 4. The summed E-state index contributed by atoms with van der Waals surface area (Å²) in [6.45, 7) is 5.27. The zero-order valence-corrected chi connectivity index (χ0v) is 28.7. The lowest BCUT2D eigenvalue weighted by atomic mass is 10.1. The molecule has 0 spiro atoms. The number of amides is 3. The molecule has 0 bridgehead atoms. The Morgan fingerprint density at radius 2 is 1.38 bits per heavy atom. The largest absolute Gasteiger partial charge is 0.496 e. The number of imidazole rings is 1. The van der Waals surface area contributed by atoms with E-state index < -0.39 is 0 Å². The molecule has 0 aliphatic carbocycles. The van der Waals surface area contributed by atoms with Crippen LogP contribution in [0, 0.1) is 0 Å². The van der Waals surface area contributed by atoms with Crippen LogP contribution >= 0.6 is 22.7 Å². The molecule has 3 heterocycles. The van der Waals surface area contributed by atoms with E-state index in [0.29, 0.717) is 23.4 Å². The maximum atomic E-state index is 11.8. The molecule has 5 aromatic rings. The van der Waals surface area contributed by atoms with Gasteiger partial charge in [0.2, 0.25) is 0 Å². The minimum atomic E-state index is -0.246. The van der Waals surface area contributed by atoms with Gasteiger partial charge in [0, 0.05) is 29.7 Å². The monoisotopic (exact) mass is 678 g/mol. The van der Waals surface area contributed by atoms with E-state index in [1.165, 1.54) is 39.1 Å². The molecule has 0 radical (unpaired) electrons. The fraction of sp³-hybridized carbons (Fsp3) is 0.303. The summed E-state index contributed by atoms with van der Waals surface area (Å²) < 4.78 is 11.8. The lowest BCUT2D eigenvalue weighted by Gasteiger charge is -2.09. The average Bonchev–Trinajstić information content (AvgIpc) is 3.89. The van der Waals surface area contributed by atoms with Crippen molar-refractivity contribution in [3.05, 3.63) is 101 Å². The van der Waals surface area contributed by atoms with Crippen molar-refractivity contribution < 1.29 is 19.1 Å². The van der Waals surface area contributed by atoms with Crippen molar-refractivity contribution in [2.24, 2.45) is 5.73 Å². The van der Waals surface area contributed by atoms with Crippen LogP contribution in [0.3, 0.4) is 0 Å². The van der Waals surface area contributed by atoms with E-state index in [-0.39, 0.29) is 12.1 Å². The molecule has 0 saturated heterocycles. The van der Waals surface area contributed by atoms with E-state index >= 15 is 0 Å². The molecule has 0 aliphatic rings. The molecule has 3 aromatic heterocycles. The molecule has 5 rings (SSSR count). The zero-order valence-electron chi connectivity index (χ0n) is 27.1. The van der Waals surface area contributed by atoms with Gasteiger partial charge < -0.3 is 20.5 Å². The maximum Gasteiger partial charge on any atom is 0.333 e. The van der Waals surface area contributed by atoms with Crippen LogP contribution < -0.4 is 31.2 Å². The lowest BCUT2D eigenvalue weighted by Crippen LogP contribution is -2.30. The quantitative estimate of drug-likeness (QED) is 0.128. The first-order chi connectivity index (χ1) is 22.9. The summed E-state index contributed by atoms with van der Waals surface area (Å²) in [7, 11) is 3.32. The van der Waals surface area contributed by atoms with Crippen molar-refractivity contribution in [3.8, 4) is 11.5 Å². The van der Waals surface area contributed by atoms with Gasteiger partial charge in [-0.3, -0.25) is 15.2 Å². The first-order valence-corrected chi connectivity index (χ1v) is 16.8. The van der Waals surface area contributed by atoms with Crippen molar-refractivity contribution >= 4 is 45.0 Å². The van der Waals surface area contributed by atoms with Crippen LogP contribution in [-0.4, -0.2) is 58.9 Å². The Labute approximate surface area is 283 Å². The summed E-state index contributed by atoms with van der Waals surface area (Å²) >= 11 is 2.86. The molecular weight excluding hydrogens is 637 g/mol. The van der Waals surface area contributed by atoms with Gasteiger partial charge in [-0.25, -0.2) is 24.5 Å². The maximum absolute atomic E-state index is 11.8. The van der Waals surface area contributed by atoms with Gasteiger partial charge in [-0.1, -0.05) is 50.2 Å². The Kier molecular flexibility index (Phi) is 15.9. The highest BCUT2D eigenvalue weighted by Gasteiger charge is 2.08. The summed E-state index contributed by atoms with van der Waals surface area (Å²) in [6, 6.07) is 15.2. The Morgan fingerprint density at radius 1 is 0.830 bits per heavy atom. The van der Waals surface area contributed by atoms with Crippen LogP contribution in [-0.2, 0) is 25.7 Å². The number of aryl methyl sites for hydroxylation is 2. The Morgan fingerprint density at radius 3 is 1.87 bits per heavy atom. The van der Waals surface area contributed by atoms with Crippen molar-refractivity contribution in [1.82, 2.24) is 24.8 Å². The van der Waals surface area contributed by atoms with E-state index in [1.54, 1.807) is 26.6 Å². The van der Waals surface area contributed by atoms with E-state index in [9.17, 15) is 9.59 Å². The number of carbonyl (C=O) groups is 2. The summed E-state index contributed by atoms with van der Waals surface area (Å²) in [5, 5.41) is 13.4. The number of hydrogen-bond acceptors (Lipinski definition) is 10. The van der Waals surface area contributed by atoms with Gasteiger partial charge in [-0.2, -0.15) is 0 Å². The molecule has 12 nitrogen and oxygen atoms in total. The second kappa shape index (κ2) is 20.4. The molecule has 47 heavy (non-hydrogen) atoms. The fourth-order valence-electron chi connectivity index (χ4n) is 4.02. The first kappa shape index (κ1) is 36.7. The number of methoxy groups -OCH3 is 2. The zero-order chi connectivity index (χ0) is 33.9. The van der Waals surface area contributed by atoms with Crippen LogP contribution in [0.25, 0.3) is 0 Å². The van der Waals surface area contributed by atoms with E-state index in [4.69, 9.17) is 15.2 Å². The summed E-state index contributed by atoms with van der Waals surface area (Å²) in [6.07, 6.45) is 7.93. The molecule has 5 N–H and O–H groups in total. The predicted molar refractivity (Wildman–Crippen MR) is 189 cm³/mol. The lowest BCUT2D eigenvalue weighted by molar-refractivity contribution is 0.251. The fourth-order valence-corrected chi connectivity index (χ4v) is 5.59. The highest BCUT2D eigenvalue weighted by Crippen LogP contribution is 2.19. The van der Waals surface area contributed by atoms with Crippen LogP contribution in [0.4, 0.5) is 19.9 Å². The van der Waals surface area contributed by atoms with Crippen LogP contribution in [0.5, 0.6) is 11.5 Å². The Balaban J connectivity index is 0.000000202. The number of benzene rings is 2. The van der Waals surface area contributed by atoms with Crippen LogP contribution in [0.2, 0.25) is 0 Å². The number of para-hydroxylation sites is 2. The predicted octanol–water partition coefficient (Wildman–Crippen LogP) is 6.26. The molecule has 14 heteroatoms. The highest BCUT2D eigenvalue weighted by molar-refractivity contribution is 7.14. The molecule has 0 atom stereocenters. The standard InChI is InChI=1S/C15H19N3O2S.C9H10N4OS.C9H13NO/c1-3-12-10-21-15(17-12)18-14(19)16-9-8-11-6-4-5-7-13(11)20-2;1-2-7-5-15-8(11-7)12-9(14)13-4-3-10-6-13;1-11-9-5-3-2-4-8(9)6-7-10/h4-7,10H,3,8-9H2,1-2H3,(H2,16,17,18,19);3-6H,2H2,1H3,(H,11,12,14);2-5H,6-7,10H2,1H3. The molecule has 3 amide bonds. The minimum Gasteiger partial charge on any atom is -0.496 e. The average molecular weight is 679 g/mol. The van der Waals surface area contributed by atoms with Crippen molar-refractivity contribution in [3.63, 3.8) is 0 Å². The van der Waals surface area contributed by atoms with Crippen molar-refractivity contribution in [1.29, 1.82) is 0 Å². The number of thiazole rings is 2.